The zero-order valence-corrected chi connectivity index (χ0v) is 12.2. The van der Waals surface area contributed by atoms with Gasteiger partial charge in [-0.3, -0.25) is 0 Å². The van der Waals surface area contributed by atoms with E-state index in [1.165, 1.54) is 18.9 Å². The van der Waals surface area contributed by atoms with Crippen LogP contribution in [0.3, 0.4) is 0 Å². The van der Waals surface area contributed by atoms with E-state index in [1.54, 1.807) is 6.07 Å². The fourth-order valence-electron chi connectivity index (χ4n) is 2.25. The van der Waals surface area contributed by atoms with Crippen LogP contribution in [0.2, 0.25) is 0 Å². The first-order chi connectivity index (χ1) is 9.22. The van der Waals surface area contributed by atoms with Crippen molar-refractivity contribution < 1.29 is 19.0 Å². The molecule has 0 aromatic heterocycles. The predicted octanol–water partition coefficient (Wildman–Crippen LogP) is 3.06. The van der Waals surface area contributed by atoms with Crippen molar-refractivity contribution in [3.63, 3.8) is 0 Å². The van der Waals surface area contributed by atoms with E-state index in [1.807, 2.05) is 19.2 Å². The van der Waals surface area contributed by atoms with Gasteiger partial charge in [-0.25, -0.2) is 4.79 Å². The van der Waals surface area contributed by atoms with Gasteiger partial charge in [-0.2, -0.15) is 0 Å². The summed E-state index contributed by atoms with van der Waals surface area (Å²) in [6.45, 7) is 3.25. The molecule has 0 aliphatic carbocycles. The monoisotopic (exact) mass is 282 g/mol. The fourth-order valence-corrected chi connectivity index (χ4v) is 2.98. The highest BCUT2D eigenvalue weighted by molar-refractivity contribution is 7.98. The summed E-state index contributed by atoms with van der Waals surface area (Å²) in [6.07, 6.45) is 2.81. The number of ether oxygens (including phenoxy) is 3. The lowest BCUT2D eigenvalue weighted by Crippen LogP contribution is -2.18. The number of hydrogen-bond donors (Lipinski definition) is 0. The highest BCUT2D eigenvalue weighted by Gasteiger charge is 2.27. The zero-order valence-electron chi connectivity index (χ0n) is 11.4. The molecule has 1 heterocycles. The van der Waals surface area contributed by atoms with Crippen LogP contribution in [0.1, 0.15) is 35.4 Å². The Morgan fingerprint density at radius 1 is 1.53 bits per heavy atom. The second-order valence-electron chi connectivity index (χ2n) is 4.14. The second kappa shape index (κ2) is 6.30. The van der Waals surface area contributed by atoms with Crippen molar-refractivity contribution in [3.05, 3.63) is 23.3 Å². The van der Waals surface area contributed by atoms with Crippen LogP contribution in [0.25, 0.3) is 0 Å². The zero-order chi connectivity index (χ0) is 13.8. The maximum Gasteiger partial charge on any atom is 0.339 e. The molecule has 0 amide bonds. The Bertz CT molecular complexity index is 473. The third-order valence-electron chi connectivity index (χ3n) is 3.09. The van der Waals surface area contributed by atoms with Gasteiger partial charge in [-0.15, -0.1) is 11.8 Å². The summed E-state index contributed by atoms with van der Waals surface area (Å²) >= 11 is 1.49. The maximum atomic E-state index is 11.8. The lowest BCUT2D eigenvalue weighted by Gasteiger charge is -2.27. The molecule has 0 saturated heterocycles. The Hall–Kier alpha value is -1.20. The molecular formula is C14H18O4S. The largest absolute Gasteiger partial charge is 0.492 e. The van der Waals surface area contributed by atoms with Gasteiger partial charge in [0, 0.05) is 18.6 Å². The topological polar surface area (TPSA) is 44.8 Å². The molecule has 0 spiro atoms. The Morgan fingerprint density at radius 3 is 2.95 bits per heavy atom. The molecule has 1 unspecified atom stereocenters. The quantitative estimate of drug-likeness (QED) is 0.627. The first-order valence-corrected chi connectivity index (χ1v) is 7.49. The van der Waals surface area contributed by atoms with E-state index in [-0.39, 0.29) is 12.1 Å². The number of hydrogen-bond acceptors (Lipinski definition) is 5. The van der Waals surface area contributed by atoms with Crippen molar-refractivity contribution in [2.45, 2.75) is 24.3 Å². The lowest BCUT2D eigenvalue weighted by molar-refractivity contribution is 0.0306. The molecule has 104 valence electrons. The molecule has 1 aromatic rings. The molecular weight excluding hydrogens is 264 g/mol. The van der Waals surface area contributed by atoms with Crippen LogP contribution < -0.4 is 4.74 Å². The van der Waals surface area contributed by atoms with E-state index in [2.05, 4.69) is 0 Å². The summed E-state index contributed by atoms with van der Waals surface area (Å²) < 4.78 is 16.3. The minimum Gasteiger partial charge on any atom is -0.492 e. The van der Waals surface area contributed by atoms with Crippen molar-refractivity contribution in [3.8, 4) is 5.75 Å². The van der Waals surface area contributed by atoms with E-state index in [0.717, 1.165) is 22.6 Å². The van der Waals surface area contributed by atoms with Crippen LogP contribution in [0.15, 0.2) is 17.0 Å². The maximum absolute atomic E-state index is 11.8. The Labute approximate surface area is 117 Å². The average molecular weight is 282 g/mol. The molecule has 0 saturated carbocycles. The number of rotatable bonds is 4. The molecule has 19 heavy (non-hydrogen) atoms. The molecule has 1 aliphatic rings. The second-order valence-corrected chi connectivity index (χ2v) is 4.95. The molecule has 0 fully saturated rings. The molecule has 1 aliphatic heterocycles. The summed E-state index contributed by atoms with van der Waals surface area (Å²) in [5.41, 5.74) is 1.57. The normalized spacial score (nSPS) is 17.5. The fraction of sp³-hybridized carbons (Fsp3) is 0.500. The van der Waals surface area contributed by atoms with E-state index >= 15 is 0 Å². The van der Waals surface area contributed by atoms with E-state index in [0.29, 0.717) is 18.8 Å². The highest BCUT2D eigenvalue weighted by atomic mass is 32.2. The summed E-state index contributed by atoms with van der Waals surface area (Å²) in [4.78, 5) is 12.6. The van der Waals surface area contributed by atoms with Crippen molar-refractivity contribution in [2.75, 3.05) is 26.6 Å². The Balaban J connectivity index is 2.47. The van der Waals surface area contributed by atoms with Gasteiger partial charge in [0.25, 0.3) is 0 Å². The standard InChI is InChI=1S/C14H18O4S/c1-4-17-11-7-8-18-12-9(11)5-6-10(13(12)19-3)14(15)16-2/h5-6,11H,4,7-8H2,1-3H3. The van der Waals surface area contributed by atoms with E-state index < -0.39 is 0 Å². The van der Waals surface area contributed by atoms with Gasteiger partial charge in [-0.05, 0) is 19.2 Å². The third kappa shape index (κ3) is 2.72. The number of methoxy groups -OCH3 is 1. The van der Waals surface area contributed by atoms with Crippen LogP contribution in [-0.2, 0) is 9.47 Å². The SMILES string of the molecule is CCOC1CCOc2c1ccc(C(=O)OC)c2SC. The lowest BCUT2D eigenvalue weighted by atomic mass is 10.0. The Kier molecular flexibility index (Phi) is 4.71. The number of benzene rings is 1. The number of fused-ring (bicyclic) bond motifs is 1. The smallest absolute Gasteiger partial charge is 0.339 e. The van der Waals surface area contributed by atoms with Crippen molar-refractivity contribution in [1.82, 2.24) is 0 Å². The van der Waals surface area contributed by atoms with Crippen molar-refractivity contribution in [2.24, 2.45) is 0 Å². The molecule has 4 nitrogen and oxygen atoms in total. The van der Waals surface area contributed by atoms with Gasteiger partial charge < -0.3 is 14.2 Å². The molecule has 1 aromatic carbocycles. The van der Waals surface area contributed by atoms with Gasteiger partial charge in [0.15, 0.2) is 0 Å². The van der Waals surface area contributed by atoms with Gasteiger partial charge in [-0.1, -0.05) is 6.07 Å². The molecule has 5 heteroatoms. The van der Waals surface area contributed by atoms with Crippen LogP contribution in [-0.4, -0.2) is 32.5 Å². The number of carbonyl (C=O) groups is 1. The van der Waals surface area contributed by atoms with Crippen molar-refractivity contribution >= 4 is 17.7 Å². The van der Waals surface area contributed by atoms with Gasteiger partial charge in [0.1, 0.15) is 5.75 Å². The molecule has 1 atom stereocenters. The van der Waals surface area contributed by atoms with Gasteiger partial charge in [0.2, 0.25) is 0 Å². The minimum absolute atomic E-state index is 0.0475. The van der Waals surface area contributed by atoms with Crippen LogP contribution in [0, 0.1) is 0 Å². The van der Waals surface area contributed by atoms with Crippen LogP contribution >= 0.6 is 11.8 Å². The van der Waals surface area contributed by atoms with Crippen molar-refractivity contribution in [1.29, 1.82) is 0 Å². The van der Waals surface area contributed by atoms with E-state index in [9.17, 15) is 4.79 Å². The summed E-state index contributed by atoms with van der Waals surface area (Å²) in [5, 5.41) is 0. The molecule has 0 bridgehead atoms. The first-order valence-electron chi connectivity index (χ1n) is 6.26. The van der Waals surface area contributed by atoms with Gasteiger partial charge in [0.05, 0.1) is 30.3 Å². The van der Waals surface area contributed by atoms with Crippen LogP contribution in [0.4, 0.5) is 0 Å². The average Bonchev–Trinajstić information content (AvgIpc) is 2.45. The number of esters is 1. The highest BCUT2D eigenvalue weighted by Crippen LogP contribution is 2.42. The van der Waals surface area contributed by atoms with Crippen LogP contribution in [0.5, 0.6) is 5.75 Å². The Morgan fingerprint density at radius 2 is 2.32 bits per heavy atom. The number of thioether (sulfide) groups is 1. The predicted molar refractivity (Wildman–Crippen MR) is 74.0 cm³/mol. The molecule has 2 rings (SSSR count). The van der Waals surface area contributed by atoms with Gasteiger partial charge >= 0.3 is 5.97 Å². The molecule has 0 N–H and O–H groups in total. The third-order valence-corrected chi connectivity index (χ3v) is 3.91. The minimum atomic E-state index is -0.339. The number of carbonyl (C=O) groups excluding carboxylic acids is 1. The first kappa shape index (κ1) is 14.2. The summed E-state index contributed by atoms with van der Waals surface area (Å²) in [6, 6.07) is 3.69. The summed E-state index contributed by atoms with van der Waals surface area (Å²) in [5.74, 6) is 0.425. The molecule has 0 radical (unpaired) electrons. The summed E-state index contributed by atoms with van der Waals surface area (Å²) in [7, 11) is 1.38. The van der Waals surface area contributed by atoms with E-state index in [4.69, 9.17) is 14.2 Å².